The van der Waals surface area contributed by atoms with Gasteiger partial charge in [-0.3, -0.25) is 9.59 Å². The largest absolute Gasteiger partial charge is 0.369 e. The van der Waals surface area contributed by atoms with E-state index < -0.39 is 10.2 Å². The molecular formula is C20H20Cl2N4O2. The van der Waals surface area contributed by atoms with E-state index in [-0.39, 0.29) is 5.78 Å². The van der Waals surface area contributed by atoms with E-state index in [1.54, 1.807) is 19.1 Å². The van der Waals surface area contributed by atoms with Crippen LogP contribution in [-0.4, -0.2) is 42.9 Å². The van der Waals surface area contributed by atoms with Gasteiger partial charge >= 0.3 is 0 Å². The molecule has 6 nitrogen and oxygen atoms in total. The lowest BCUT2D eigenvalue weighted by Crippen LogP contribution is -2.48. The van der Waals surface area contributed by atoms with Gasteiger partial charge in [-0.2, -0.15) is 0 Å². The highest BCUT2D eigenvalue weighted by Crippen LogP contribution is 2.45. The summed E-state index contributed by atoms with van der Waals surface area (Å²) in [5.41, 5.74) is 7.24. The molecule has 0 aromatic heterocycles. The molecule has 1 fully saturated rings. The van der Waals surface area contributed by atoms with Gasteiger partial charge in [0, 0.05) is 54.4 Å². The first-order valence-corrected chi connectivity index (χ1v) is 9.81. The Balaban J connectivity index is 1.38. The predicted octanol–water partition coefficient (Wildman–Crippen LogP) is 3.62. The van der Waals surface area contributed by atoms with Gasteiger partial charge in [-0.05, 0) is 49.4 Å². The van der Waals surface area contributed by atoms with Crippen LogP contribution in [0.5, 0.6) is 0 Å². The third-order valence-corrected chi connectivity index (χ3v) is 5.85. The van der Waals surface area contributed by atoms with Crippen LogP contribution in [0.4, 0.5) is 17.1 Å². The highest BCUT2D eigenvalue weighted by Gasteiger charge is 2.43. The average molecular weight is 419 g/mol. The van der Waals surface area contributed by atoms with Gasteiger partial charge in [0.2, 0.25) is 4.33 Å². The number of piperazine rings is 1. The van der Waals surface area contributed by atoms with Crippen LogP contribution in [0.1, 0.15) is 22.8 Å². The molecule has 1 saturated heterocycles. The summed E-state index contributed by atoms with van der Waals surface area (Å²) in [7, 11) is 0. The number of nitrogens with one attached hydrogen (secondary N) is 2. The maximum absolute atomic E-state index is 11.9. The van der Waals surface area contributed by atoms with Crippen molar-refractivity contribution in [2.75, 3.05) is 41.8 Å². The van der Waals surface area contributed by atoms with Crippen molar-refractivity contribution in [1.29, 1.82) is 0 Å². The second-order valence-corrected chi connectivity index (χ2v) is 8.31. The van der Waals surface area contributed by atoms with Crippen LogP contribution in [0.2, 0.25) is 0 Å². The topological polar surface area (TPSA) is 64.7 Å². The first kappa shape index (κ1) is 19.1. The number of hydrazine groups is 1. The number of fused-ring (bicyclic) bond motifs is 1. The fourth-order valence-electron chi connectivity index (χ4n) is 3.47. The lowest BCUT2D eigenvalue weighted by molar-refractivity contribution is -0.116. The Morgan fingerprint density at radius 2 is 1.75 bits per heavy atom. The number of amides is 1. The number of anilines is 3. The quantitative estimate of drug-likeness (QED) is 0.586. The van der Waals surface area contributed by atoms with Crippen molar-refractivity contribution in [1.82, 2.24) is 5.01 Å². The third-order valence-electron chi connectivity index (χ3n) is 5.10. The maximum atomic E-state index is 11.9. The van der Waals surface area contributed by atoms with Crippen LogP contribution in [0.15, 0.2) is 42.5 Å². The number of benzene rings is 2. The van der Waals surface area contributed by atoms with E-state index in [0.29, 0.717) is 11.3 Å². The number of ketones is 1. The lowest BCUT2D eigenvalue weighted by Gasteiger charge is -2.36. The highest BCUT2D eigenvalue weighted by molar-refractivity contribution is 6.60. The molecule has 2 N–H and O–H groups in total. The van der Waals surface area contributed by atoms with Crippen LogP contribution in [0, 0.1) is 0 Å². The van der Waals surface area contributed by atoms with Gasteiger partial charge in [0.05, 0.1) is 0 Å². The molecule has 0 aliphatic carbocycles. The minimum absolute atomic E-state index is 0.0738. The van der Waals surface area contributed by atoms with Crippen molar-refractivity contribution in [2.45, 2.75) is 11.3 Å². The number of hydrogen-bond donors (Lipinski definition) is 2. The summed E-state index contributed by atoms with van der Waals surface area (Å²) in [4.78, 5) is 25.6. The number of alkyl halides is 2. The van der Waals surface area contributed by atoms with Gasteiger partial charge in [0.25, 0.3) is 5.91 Å². The molecule has 0 saturated carbocycles. The van der Waals surface area contributed by atoms with Gasteiger partial charge < -0.3 is 15.6 Å². The Morgan fingerprint density at radius 3 is 2.39 bits per heavy atom. The van der Waals surface area contributed by atoms with Gasteiger partial charge in [0.1, 0.15) is 0 Å². The molecule has 2 aliphatic rings. The summed E-state index contributed by atoms with van der Waals surface area (Å²) in [5.74, 6) is -0.350. The van der Waals surface area contributed by atoms with E-state index in [1.165, 1.54) is 0 Å². The molecule has 1 amide bonds. The Morgan fingerprint density at radius 1 is 1.07 bits per heavy atom. The minimum atomic E-state index is -1.56. The number of carbonyl (C=O) groups is 2. The molecule has 0 atom stereocenters. The van der Waals surface area contributed by atoms with E-state index in [9.17, 15) is 9.59 Å². The van der Waals surface area contributed by atoms with E-state index in [1.807, 2.05) is 30.3 Å². The van der Waals surface area contributed by atoms with Crippen LogP contribution in [0.3, 0.4) is 0 Å². The second kappa shape index (κ2) is 7.28. The first-order chi connectivity index (χ1) is 13.3. The van der Waals surface area contributed by atoms with E-state index in [4.69, 9.17) is 23.2 Å². The minimum Gasteiger partial charge on any atom is -0.369 e. The zero-order valence-electron chi connectivity index (χ0n) is 15.3. The average Bonchev–Trinajstić information content (AvgIpc) is 2.91. The normalized spacial score (nSPS) is 18.5. The molecule has 2 aromatic rings. The SMILES string of the molecule is CC(=O)c1ccc(N2CCN(Nc3ccc4c(c3)C(Cl)(Cl)C(=O)N4)CC2)cc1. The molecule has 0 radical (unpaired) electrons. The molecule has 2 aliphatic heterocycles. The van der Waals surface area contributed by atoms with Crippen LogP contribution in [0.25, 0.3) is 0 Å². The molecule has 0 unspecified atom stereocenters. The third kappa shape index (κ3) is 3.55. The zero-order chi connectivity index (χ0) is 19.9. The zero-order valence-corrected chi connectivity index (χ0v) is 16.8. The van der Waals surface area contributed by atoms with Crippen LogP contribution < -0.4 is 15.6 Å². The number of halogens is 2. The first-order valence-electron chi connectivity index (χ1n) is 9.06. The predicted molar refractivity (Wildman–Crippen MR) is 112 cm³/mol. The molecule has 0 bridgehead atoms. The fraction of sp³-hybridized carbons (Fsp3) is 0.300. The van der Waals surface area contributed by atoms with Gasteiger partial charge in [-0.25, -0.2) is 5.01 Å². The molecule has 146 valence electrons. The van der Waals surface area contributed by atoms with Crippen LogP contribution >= 0.6 is 23.2 Å². The summed E-state index contributed by atoms with van der Waals surface area (Å²) in [6.45, 7) is 4.91. The summed E-state index contributed by atoms with van der Waals surface area (Å²) in [6, 6.07) is 13.2. The van der Waals surface area contributed by atoms with Crippen molar-refractivity contribution in [3.63, 3.8) is 0 Å². The van der Waals surface area contributed by atoms with Gasteiger partial charge in [-0.15, -0.1) is 0 Å². The molecule has 28 heavy (non-hydrogen) atoms. The summed E-state index contributed by atoms with van der Waals surface area (Å²) in [5, 5.41) is 4.80. The number of rotatable bonds is 4. The van der Waals surface area contributed by atoms with Crippen molar-refractivity contribution >= 4 is 52.0 Å². The standard InChI is InChI=1S/C20H20Cl2N4O2/c1-13(27)14-2-5-16(6-3-14)25-8-10-26(11-9-25)24-15-4-7-18-17(12-15)20(21,22)19(28)23-18/h2-7,12,24H,8-11H2,1H3,(H,23,28). The Hall–Kier alpha value is -2.28. The molecule has 8 heteroatoms. The van der Waals surface area contributed by atoms with E-state index in [0.717, 1.165) is 43.1 Å². The van der Waals surface area contributed by atoms with Gasteiger partial charge in [-0.1, -0.05) is 23.2 Å². The molecule has 0 spiro atoms. The number of Topliss-reactive ketones (excluding diaryl/α,β-unsaturated/α-hetero) is 1. The number of carbonyl (C=O) groups excluding carboxylic acids is 2. The molecule has 2 aromatic carbocycles. The highest BCUT2D eigenvalue weighted by atomic mass is 35.5. The molecular weight excluding hydrogens is 399 g/mol. The smallest absolute Gasteiger partial charge is 0.265 e. The summed E-state index contributed by atoms with van der Waals surface area (Å²) in [6.07, 6.45) is 0. The van der Waals surface area contributed by atoms with Crippen molar-refractivity contribution in [3.8, 4) is 0 Å². The van der Waals surface area contributed by atoms with Gasteiger partial charge in [0.15, 0.2) is 5.78 Å². The lowest BCUT2D eigenvalue weighted by atomic mass is 10.1. The Bertz CT molecular complexity index is 922. The van der Waals surface area contributed by atoms with E-state index in [2.05, 4.69) is 20.7 Å². The van der Waals surface area contributed by atoms with E-state index >= 15 is 0 Å². The Labute approximate surface area is 173 Å². The fourth-order valence-corrected chi connectivity index (χ4v) is 3.88. The second-order valence-electron chi connectivity index (χ2n) is 6.98. The van der Waals surface area contributed by atoms with Crippen molar-refractivity contribution in [3.05, 3.63) is 53.6 Å². The summed E-state index contributed by atoms with van der Waals surface area (Å²) >= 11 is 12.3. The number of hydrogen-bond acceptors (Lipinski definition) is 5. The monoisotopic (exact) mass is 418 g/mol. The van der Waals surface area contributed by atoms with Crippen molar-refractivity contribution in [2.24, 2.45) is 0 Å². The maximum Gasteiger partial charge on any atom is 0.265 e. The van der Waals surface area contributed by atoms with Crippen molar-refractivity contribution < 1.29 is 9.59 Å². The Kier molecular flexibility index (Phi) is 4.95. The van der Waals surface area contributed by atoms with Crippen LogP contribution in [-0.2, 0) is 9.13 Å². The number of nitrogens with zero attached hydrogens (tertiary/aromatic N) is 2. The molecule has 2 heterocycles. The molecule has 4 rings (SSSR count). The summed E-state index contributed by atoms with van der Waals surface area (Å²) < 4.78 is -1.56.